The summed E-state index contributed by atoms with van der Waals surface area (Å²) < 4.78 is 21.2. The third kappa shape index (κ3) is 3.85. The second kappa shape index (κ2) is 7.88. The average Bonchev–Trinajstić information content (AvgIpc) is 3.20. The van der Waals surface area contributed by atoms with Gasteiger partial charge in [-0.05, 0) is 53.6 Å². The van der Waals surface area contributed by atoms with Crippen molar-refractivity contribution in [3.05, 3.63) is 42.3 Å². The van der Waals surface area contributed by atoms with Crippen LogP contribution >= 0.6 is 0 Å². The van der Waals surface area contributed by atoms with Crippen LogP contribution in [0.4, 0.5) is 10.2 Å². The summed E-state index contributed by atoms with van der Waals surface area (Å²) in [6.45, 7) is 1.66. The van der Waals surface area contributed by atoms with Crippen LogP contribution in [0.2, 0.25) is 0 Å². The number of phenols is 1. The van der Waals surface area contributed by atoms with E-state index in [1.165, 1.54) is 42.5 Å². The molecule has 0 amide bonds. The number of hydrogen-bond donors (Lipinski definition) is 2. The molecule has 2 aliphatic heterocycles. The summed E-state index contributed by atoms with van der Waals surface area (Å²) in [7, 11) is 2.05. The predicted molar refractivity (Wildman–Crippen MR) is 111 cm³/mol. The Kier molecular flexibility index (Phi) is 5.05. The first-order chi connectivity index (χ1) is 15.0. The molecular weight excluding hydrogens is 399 g/mol. The van der Waals surface area contributed by atoms with Crippen LogP contribution < -0.4 is 15.0 Å². The molecule has 4 heterocycles. The van der Waals surface area contributed by atoms with Crippen molar-refractivity contribution in [2.45, 2.75) is 57.2 Å². The molecule has 0 saturated carbocycles. The van der Waals surface area contributed by atoms with Gasteiger partial charge in [-0.1, -0.05) is 6.42 Å². The second-order valence-corrected chi connectivity index (χ2v) is 8.51. The molecule has 2 aromatic heterocycles. The largest absolute Gasteiger partial charge is 0.507 e. The van der Waals surface area contributed by atoms with E-state index in [-0.39, 0.29) is 17.0 Å². The third-order valence-electron chi connectivity index (χ3n) is 6.40. The van der Waals surface area contributed by atoms with Crippen LogP contribution in [0.5, 0.6) is 5.75 Å². The van der Waals surface area contributed by atoms with E-state index in [1.807, 2.05) is 6.07 Å². The maximum atomic E-state index is 14.7. The number of nitrogens with one attached hydrogen (secondary N) is 1. The summed E-state index contributed by atoms with van der Waals surface area (Å²) in [4.78, 5) is 6.13. The summed E-state index contributed by atoms with van der Waals surface area (Å²) in [5.41, 5.74) is 0.750. The lowest BCUT2D eigenvalue weighted by Crippen LogP contribution is -2.54. The number of fused-ring (bicyclic) bond motifs is 2. The number of piperidine rings is 2. The summed E-state index contributed by atoms with van der Waals surface area (Å²) in [5.74, 6) is 0.502. The topological polar surface area (TPSA) is 91.2 Å². The van der Waals surface area contributed by atoms with Crippen LogP contribution in [0.3, 0.4) is 0 Å². The monoisotopic (exact) mass is 425 g/mol. The highest BCUT2D eigenvalue weighted by atomic mass is 19.1. The maximum absolute atomic E-state index is 14.7. The van der Waals surface area contributed by atoms with Crippen molar-refractivity contribution >= 4 is 5.82 Å². The van der Waals surface area contributed by atoms with Crippen molar-refractivity contribution < 1.29 is 18.8 Å². The molecule has 0 radical (unpaired) electrons. The highest BCUT2D eigenvalue weighted by Crippen LogP contribution is 2.32. The van der Waals surface area contributed by atoms with E-state index < -0.39 is 5.82 Å². The Hall–Kier alpha value is -3.07. The van der Waals surface area contributed by atoms with Gasteiger partial charge in [-0.25, -0.2) is 4.39 Å². The number of halogens is 1. The average molecular weight is 425 g/mol. The minimum atomic E-state index is -0.557. The van der Waals surface area contributed by atoms with E-state index >= 15 is 0 Å². The van der Waals surface area contributed by atoms with Crippen LogP contribution in [0.1, 0.15) is 38.0 Å². The number of rotatable bonds is 4. The SMILES string of the molecule is Cc1nc[n+](-c2cc(O)c(-c3ccc(N(C)C4CC5CCCC(C4)N5)nn3)cc2F)o1. The number of nitrogens with zero attached hydrogens (tertiary/aromatic N) is 5. The van der Waals surface area contributed by atoms with E-state index in [0.717, 1.165) is 18.7 Å². The summed E-state index contributed by atoms with van der Waals surface area (Å²) in [5, 5.41) is 22.8. The van der Waals surface area contributed by atoms with E-state index in [1.54, 1.807) is 13.0 Å². The number of hydrogen-bond acceptors (Lipinski definition) is 7. The molecule has 2 N–H and O–H groups in total. The van der Waals surface area contributed by atoms with E-state index in [0.29, 0.717) is 29.7 Å². The van der Waals surface area contributed by atoms with Gasteiger partial charge in [0.25, 0.3) is 0 Å². The molecular formula is C22H26FN6O2+. The molecule has 2 atom stereocenters. The quantitative estimate of drug-likeness (QED) is 0.621. The Labute approximate surface area is 179 Å². The van der Waals surface area contributed by atoms with E-state index in [9.17, 15) is 9.50 Å². The maximum Gasteiger partial charge on any atom is 0.350 e. The van der Waals surface area contributed by atoms with Crippen LogP contribution in [0, 0.1) is 12.7 Å². The fourth-order valence-corrected chi connectivity index (χ4v) is 4.76. The lowest BCUT2D eigenvalue weighted by molar-refractivity contribution is -0.787. The van der Waals surface area contributed by atoms with Gasteiger partial charge in [-0.3, -0.25) is 4.52 Å². The Morgan fingerprint density at radius 2 is 1.97 bits per heavy atom. The molecule has 2 bridgehead atoms. The van der Waals surface area contributed by atoms with Crippen molar-refractivity contribution in [2.75, 3.05) is 11.9 Å². The van der Waals surface area contributed by atoms with Crippen LogP contribution in [-0.2, 0) is 0 Å². The lowest BCUT2D eigenvalue weighted by atomic mass is 9.83. The summed E-state index contributed by atoms with van der Waals surface area (Å²) in [6.07, 6.45) is 7.33. The summed E-state index contributed by atoms with van der Waals surface area (Å²) in [6, 6.07) is 7.75. The lowest BCUT2D eigenvalue weighted by Gasteiger charge is -2.43. The first kappa shape index (κ1) is 19.9. The van der Waals surface area contributed by atoms with Crippen LogP contribution in [0.25, 0.3) is 16.9 Å². The minimum absolute atomic E-state index is 0.0719. The van der Waals surface area contributed by atoms with Crippen molar-refractivity contribution in [1.82, 2.24) is 20.5 Å². The molecule has 2 saturated heterocycles. The zero-order valence-corrected chi connectivity index (χ0v) is 17.6. The Morgan fingerprint density at radius 3 is 2.61 bits per heavy atom. The van der Waals surface area contributed by atoms with Gasteiger partial charge in [0, 0.05) is 43.7 Å². The molecule has 0 aliphatic carbocycles. The number of aromatic hydroxyl groups is 1. The normalized spacial score (nSPS) is 23.0. The number of phenolic OH excluding ortho intramolecular Hbond substituents is 1. The van der Waals surface area contributed by atoms with Crippen molar-refractivity contribution in [1.29, 1.82) is 0 Å². The number of anilines is 1. The summed E-state index contributed by atoms with van der Waals surface area (Å²) >= 11 is 0. The van der Waals surface area contributed by atoms with Gasteiger partial charge in [0.2, 0.25) is 5.69 Å². The predicted octanol–water partition coefficient (Wildman–Crippen LogP) is 2.67. The highest BCUT2D eigenvalue weighted by Gasteiger charge is 2.33. The van der Waals surface area contributed by atoms with E-state index in [4.69, 9.17) is 4.52 Å². The van der Waals surface area contributed by atoms with Crippen molar-refractivity contribution in [3.63, 3.8) is 0 Å². The number of aryl methyl sites for hydroxylation is 1. The zero-order valence-electron chi connectivity index (χ0n) is 17.6. The van der Waals surface area contributed by atoms with E-state index in [2.05, 4.69) is 32.4 Å². The van der Waals surface area contributed by atoms with Gasteiger partial charge in [-0.15, -0.1) is 10.2 Å². The highest BCUT2D eigenvalue weighted by molar-refractivity contribution is 5.68. The Bertz CT molecular complexity index is 1070. The fraction of sp³-hybridized carbons (Fsp3) is 0.455. The number of aromatic nitrogens is 4. The molecule has 2 unspecified atom stereocenters. The van der Waals surface area contributed by atoms with Crippen molar-refractivity contribution in [2.24, 2.45) is 0 Å². The van der Waals surface area contributed by atoms with Crippen LogP contribution in [0.15, 0.2) is 35.1 Å². The Balaban J connectivity index is 1.37. The molecule has 31 heavy (non-hydrogen) atoms. The standard InChI is InChI=1S/C22H25FN6O2/c1-13-24-12-29(31-13)20-11-21(30)17(10-18(20)23)19-6-7-22(27-26-19)28(2)16-8-14-4-3-5-15(9-16)25-14/h6-7,10-12,14-16,25H,3-5,8-9H2,1-2H3/p+1. The molecule has 5 rings (SSSR count). The molecule has 1 aromatic carbocycles. The minimum Gasteiger partial charge on any atom is -0.507 e. The zero-order chi connectivity index (χ0) is 21.5. The number of benzene rings is 1. The molecule has 2 aliphatic rings. The van der Waals surface area contributed by atoms with Gasteiger partial charge in [-0.2, -0.15) is 0 Å². The van der Waals surface area contributed by atoms with Gasteiger partial charge in [0.05, 0.1) is 5.69 Å². The molecule has 9 heteroatoms. The Morgan fingerprint density at radius 1 is 1.19 bits per heavy atom. The first-order valence-corrected chi connectivity index (χ1v) is 10.7. The smallest absolute Gasteiger partial charge is 0.350 e. The third-order valence-corrected chi connectivity index (χ3v) is 6.40. The second-order valence-electron chi connectivity index (χ2n) is 8.51. The molecule has 2 fully saturated rings. The fourth-order valence-electron chi connectivity index (χ4n) is 4.76. The van der Waals surface area contributed by atoms with Gasteiger partial charge < -0.3 is 15.3 Å². The van der Waals surface area contributed by atoms with Crippen LogP contribution in [-0.4, -0.2) is 45.5 Å². The molecule has 162 valence electrons. The molecule has 3 aromatic rings. The van der Waals surface area contributed by atoms with Gasteiger partial charge >= 0.3 is 12.2 Å². The van der Waals surface area contributed by atoms with Gasteiger partial charge in [0.1, 0.15) is 5.75 Å². The molecule has 8 nitrogen and oxygen atoms in total. The first-order valence-electron chi connectivity index (χ1n) is 10.7. The molecule has 0 spiro atoms. The van der Waals surface area contributed by atoms with Crippen molar-refractivity contribution in [3.8, 4) is 22.7 Å². The van der Waals surface area contributed by atoms with Gasteiger partial charge in [0.15, 0.2) is 11.6 Å².